The van der Waals surface area contributed by atoms with Gasteiger partial charge in [0.25, 0.3) is 0 Å². The van der Waals surface area contributed by atoms with Crippen molar-refractivity contribution in [2.24, 2.45) is 11.5 Å². The van der Waals surface area contributed by atoms with Crippen LogP contribution >= 0.6 is 21.6 Å². The van der Waals surface area contributed by atoms with Crippen LogP contribution in [0.1, 0.15) is 25.7 Å². The van der Waals surface area contributed by atoms with E-state index in [0.29, 0.717) is 39.0 Å². The molecule has 0 fully saturated rings. The average molecular weight is 323 g/mol. The molecule has 0 saturated heterocycles. The Labute approximate surface area is 129 Å². The fourth-order valence-corrected chi connectivity index (χ4v) is 3.10. The molecule has 2 amide bonds. The third-order valence-electron chi connectivity index (χ3n) is 2.31. The number of hydrogen-bond donors (Lipinski definition) is 4. The zero-order valence-electron chi connectivity index (χ0n) is 11.9. The molecule has 0 atom stereocenters. The van der Waals surface area contributed by atoms with E-state index in [1.54, 1.807) is 21.6 Å². The molecule has 8 heteroatoms. The first-order valence-electron chi connectivity index (χ1n) is 6.88. The predicted octanol–water partition coefficient (Wildman–Crippen LogP) is 0.0780. The lowest BCUT2D eigenvalue weighted by Gasteiger charge is -2.05. The minimum Gasteiger partial charge on any atom is -0.355 e. The van der Waals surface area contributed by atoms with E-state index in [1.165, 1.54) is 0 Å². The van der Waals surface area contributed by atoms with Crippen LogP contribution in [-0.4, -0.2) is 49.5 Å². The third kappa shape index (κ3) is 14.0. The molecule has 0 aliphatic carbocycles. The van der Waals surface area contributed by atoms with Gasteiger partial charge in [-0.1, -0.05) is 21.6 Å². The Balaban J connectivity index is 3.20. The second-order valence-electron chi connectivity index (χ2n) is 4.13. The van der Waals surface area contributed by atoms with Crippen molar-refractivity contribution in [2.75, 3.05) is 37.7 Å². The summed E-state index contributed by atoms with van der Waals surface area (Å²) in [5, 5.41) is 5.68. The van der Waals surface area contributed by atoms with Gasteiger partial charge in [0.2, 0.25) is 11.8 Å². The van der Waals surface area contributed by atoms with Gasteiger partial charge in [0, 0.05) is 37.4 Å². The van der Waals surface area contributed by atoms with Crippen molar-refractivity contribution in [3.63, 3.8) is 0 Å². The number of nitrogens with two attached hydrogens (primary N) is 2. The Morgan fingerprint density at radius 3 is 1.55 bits per heavy atom. The van der Waals surface area contributed by atoms with Crippen LogP contribution in [-0.2, 0) is 9.59 Å². The first kappa shape index (κ1) is 19.6. The van der Waals surface area contributed by atoms with Gasteiger partial charge >= 0.3 is 0 Å². The third-order valence-corrected chi connectivity index (χ3v) is 4.72. The van der Waals surface area contributed by atoms with E-state index >= 15 is 0 Å². The number of carbonyl (C=O) groups is 2. The van der Waals surface area contributed by atoms with Crippen LogP contribution in [0.4, 0.5) is 0 Å². The highest BCUT2D eigenvalue weighted by atomic mass is 33.1. The number of hydrogen-bond acceptors (Lipinski definition) is 6. The van der Waals surface area contributed by atoms with Crippen molar-refractivity contribution in [1.29, 1.82) is 0 Å². The summed E-state index contributed by atoms with van der Waals surface area (Å²) in [7, 11) is 3.39. The van der Waals surface area contributed by atoms with Crippen LogP contribution in [0, 0.1) is 0 Å². The van der Waals surface area contributed by atoms with Gasteiger partial charge in [-0.3, -0.25) is 9.59 Å². The van der Waals surface area contributed by atoms with Crippen molar-refractivity contribution in [1.82, 2.24) is 10.6 Å². The maximum absolute atomic E-state index is 11.3. The zero-order chi connectivity index (χ0) is 15.1. The molecular formula is C12H26N4O2S2. The molecule has 0 aromatic heterocycles. The summed E-state index contributed by atoms with van der Waals surface area (Å²) in [6.45, 7) is 2.44. The maximum atomic E-state index is 11.3. The minimum absolute atomic E-state index is 0.0632. The summed E-state index contributed by atoms with van der Waals surface area (Å²) in [4.78, 5) is 22.5. The summed E-state index contributed by atoms with van der Waals surface area (Å²) in [6, 6.07) is 0. The van der Waals surface area contributed by atoms with Crippen LogP contribution < -0.4 is 22.1 Å². The van der Waals surface area contributed by atoms with Crippen molar-refractivity contribution in [2.45, 2.75) is 25.7 Å². The molecule has 0 aliphatic rings. The monoisotopic (exact) mass is 322 g/mol. The van der Waals surface area contributed by atoms with Crippen LogP contribution in [0.5, 0.6) is 0 Å². The molecule has 118 valence electrons. The Morgan fingerprint density at radius 2 is 1.20 bits per heavy atom. The number of nitrogens with one attached hydrogen (secondary N) is 2. The fourth-order valence-electron chi connectivity index (χ4n) is 1.28. The highest BCUT2D eigenvalue weighted by molar-refractivity contribution is 8.76. The largest absolute Gasteiger partial charge is 0.355 e. The van der Waals surface area contributed by atoms with Gasteiger partial charge in [-0.15, -0.1) is 0 Å². The van der Waals surface area contributed by atoms with Gasteiger partial charge in [0.05, 0.1) is 0 Å². The maximum Gasteiger partial charge on any atom is 0.220 e. The SMILES string of the molecule is NCCCC(=O)NCCSSCCNC(=O)CCCN. The van der Waals surface area contributed by atoms with Gasteiger partial charge in [-0.25, -0.2) is 0 Å². The molecule has 0 spiro atoms. The molecule has 6 N–H and O–H groups in total. The van der Waals surface area contributed by atoms with Crippen LogP contribution in [0.15, 0.2) is 0 Å². The first-order valence-corrected chi connectivity index (χ1v) is 9.37. The minimum atomic E-state index is 0.0632. The lowest BCUT2D eigenvalue weighted by atomic mass is 10.3. The summed E-state index contributed by atoms with van der Waals surface area (Å²) < 4.78 is 0. The summed E-state index contributed by atoms with van der Waals surface area (Å²) in [5.74, 6) is 1.85. The molecule has 0 heterocycles. The van der Waals surface area contributed by atoms with Crippen molar-refractivity contribution in [3.8, 4) is 0 Å². The lowest BCUT2D eigenvalue weighted by molar-refractivity contribution is -0.121. The molecule has 0 unspecified atom stereocenters. The number of amides is 2. The van der Waals surface area contributed by atoms with E-state index in [-0.39, 0.29) is 11.8 Å². The van der Waals surface area contributed by atoms with Gasteiger partial charge in [-0.05, 0) is 25.9 Å². The molecule has 0 aromatic rings. The molecule has 0 bridgehead atoms. The van der Waals surface area contributed by atoms with E-state index < -0.39 is 0 Å². The molecule has 0 aliphatic heterocycles. The topological polar surface area (TPSA) is 110 Å². The Hall–Kier alpha value is -0.440. The van der Waals surface area contributed by atoms with Crippen LogP contribution in [0.2, 0.25) is 0 Å². The van der Waals surface area contributed by atoms with Gasteiger partial charge in [-0.2, -0.15) is 0 Å². The van der Waals surface area contributed by atoms with Crippen LogP contribution in [0.25, 0.3) is 0 Å². The van der Waals surface area contributed by atoms with Gasteiger partial charge < -0.3 is 22.1 Å². The molecule has 20 heavy (non-hydrogen) atoms. The zero-order valence-corrected chi connectivity index (χ0v) is 13.5. The van der Waals surface area contributed by atoms with E-state index in [0.717, 1.165) is 24.3 Å². The van der Waals surface area contributed by atoms with Gasteiger partial charge in [0.1, 0.15) is 0 Å². The van der Waals surface area contributed by atoms with Crippen molar-refractivity contribution < 1.29 is 9.59 Å². The van der Waals surface area contributed by atoms with Gasteiger partial charge in [0.15, 0.2) is 0 Å². The first-order chi connectivity index (χ1) is 9.70. The second kappa shape index (κ2) is 15.0. The smallest absolute Gasteiger partial charge is 0.220 e. The second-order valence-corrected chi connectivity index (χ2v) is 6.83. The number of rotatable bonds is 13. The Morgan fingerprint density at radius 1 is 0.800 bits per heavy atom. The predicted molar refractivity (Wildman–Crippen MR) is 87.5 cm³/mol. The highest BCUT2D eigenvalue weighted by Gasteiger charge is 2.00. The standard InChI is InChI=1S/C12H26N4O2S2/c13-5-1-3-11(17)15-7-9-19-20-10-8-16-12(18)4-2-6-14/h1-10,13-14H2,(H,15,17)(H,16,18). The van der Waals surface area contributed by atoms with E-state index in [4.69, 9.17) is 11.5 Å². The molecule has 6 nitrogen and oxygen atoms in total. The Kier molecular flexibility index (Phi) is 14.6. The molecular weight excluding hydrogens is 296 g/mol. The van der Waals surface area contributed by atoms with Crippen LogP contribution in [0.3, 0.4) is 0 Å². The summed E-state index contributed by atoms with van der Waals surface area (Å²) in [6.07, 6.45) is 2.47. The summed E-state index contributed by atoms with van der Waals surface area (Å²) in [5.41, 5.74) is 10.6. The Bertz CT molecular complexity index is 242. The normalized spacial score (nSPS) is 10.3. The van der Waals surface area contributed by atoms with E-state index in [9.17, 15) is 9.59 Å². The number of carbonyl (C=O) groups excluding carboxylic acids is 2. The summed E-state index contributed by atoms with van der Waals surface area (Å²) >= 11 is 0. The molecule has 0 saturated carbocycles. The van der Waals surface area contributed by atoms with E-state index in [1.807, 2.05) is 0 Å². The quantitative estimate of drug-likeness (QED) is 0.282. The highest BCUT2D eigenvalue weighted by Crippen LogP contribution is 2.19. The molecule has 0 radical (unpaired) electrons. The van der Waals surface area contributed by atoms with Crippen molar-refractivity contribution >= 4 is 33.4 Å². The molecule has 0 rings (SSSR count). The average Bonchev–Trinajstić information content (AvgIpc) is 2.45. The fraction of sp³-hybridized carbons (Fsp3) is 0.833. The lowest BCUT2D eigenvalue weighted by Crippen LogP contribution is -2.26. The molecule has 0 aromatic carbocycles. The van der Waals surface area contributed by atoms with Crippen molar-refractivity contribution in [3.05, 3.63) is 0 Å². The van der Waals surface area contributed by atoms with E-state index in [2.05, 4.69) is 10.6 Å².